The minimum absolute atomic E-state index is 0.161. The van der Waals surface area contributed by atoms with Gasteiger partial charge in [0.05, 0.1) is 12.2 Å². The van der Waals surface area contributed by atoms with Gasteiger partial charge < -0.3 is 10.2 Å². The molecule has 146 valence electrons. The van der Waals surface area contributed by atoms with Crippen LogP contribution >= 0.6 is 11.6 Å². The zero-order valence-corrected chi connectivity index (χ0v) is 16.7. The molecule has 0 fully saturated rings. The number of aryl methyl sites for hydroxylation is 1. The number of fused-ring (bicyclic) bond motifs is 1. The normalized spacial score (nSPS) is 12.9. The highest BCUT2D eigenvalue weighted by molar-refractivity contribution is 6.31. The third kappa shape index (κ3) is 4.33. The van der Waals surface area contributed by atoms with Crippen molar-refractivity contribution in [3.8, 4) is 0 Å². The van der Waals surface area contributed by atoms with E-state index < -0.39 is 0 Å². The van der Waals surface area contributed by atoms with Crippen molar-refractivity contribution >= 4 is 34.7 Å². The van der Waals surface area contributed by atoms with Crippen LogP contribution in [0.4, 0.5) is 11.4 Å². The first kappa shape index (κ1) is 19.2. The lowest BCUT2D eigenvalue weighted by Crippen LogP contribution is -2.37. The van der Waals surface area contributed by atoms with Gasteiger partial charge in [0, 0.05) is 28.4 Å². The highest BCUT2D eigenvalue weighted by atomic mass is 35.5. The number of benzene rings is 3. The SMILES string of the molecule is O=C(CN1CCCc2ccccc21)Nc1ccc(Cl)cc1C(=O)c1ccccc1. The first-order chi connectivity index (χ1) is 14.1. The summed E-state index contributed by atoms with van der Waals surface area (Å²) in [4.78, 5) is 27.8. The van der Waals surface area contributed by atoms with Gasteiger partial charge in [-0.1, -0.05) is 60.1 Å². The Kier molecular flexibility index (Phi) is 5.63. The van der Waals surface area contributed by atoms with Gasteiger partial charge in [0.15, 0.2) is 5.78 Å². The van der Waals surface area contributed by atoms with Crippen molar-refractivity contribution in [3.63, 3.8) is 0 Å². The van der Waals surface area contributed by atoms with Crippen LogP contribution in [-0.4, -0.2) is 24.8 Å². The van der Waals surface area contributed by atoms with Crippen LogP contribution in [0.3, 0.4) is 0 Å². The van der Waals surface area contributed by atoms with E-state index in [1.165, 1.54) is 5.56 Å². The quantitative estimate of drug-likeness (QED) is 0.611. The van der Waals surface area contributed by atoms with E-state index in [2.05, 4.69) is 22.3 Å². The number of carbonyl (C=O) groups is 2. The molecule has 0 saturated carbocycles. The topological polar surface area (TPSA) is 49.4 Å². The van der Waals surface area contributed by atoms with Crippen molar-refractivity contribution in [3.05, 3.63) is 94.5 Å². The summed E-state index contributed by atoms with van der Waals surface area (Å²) < 4.78 is 0. The lowest BCUT2D eigenvalue weighted by atomic mass is 10.0. The van der Waals surface area contributed by atoms with Gasteiger partial charge in [-0.25, -0.2) is 0 Å². The zero-order chi connectivity index (χ0) is 20.2. The van der Waals surface area contributed by atoms with Gasteiger partial charge in [0.25, 0.3) is 0 Å². The van der Waals surface area contributed by atoms with Crippen LogP contribution in [0.5, 0.6) is 0 Å². The third-order valence-electron chi connectivity index (χ3n) is 5.08. The Morgan fingerprint density at radius 1 is 0.966 bits per heavy atom. The molecule has 1 aliphatic heterocycles. The smallest absolute Gasteiger partial charge is 0.243 e. The van der Waals surface area contributed by atoms with Crippen LogP contribution < -0.4 is 10.2 Å². The molecule has 4 rings (SSSR count). The van der Waals surface area contributed by atoms with Crippen molar-refractivity contribution in [2.45, 2.75) is 12.8 Å². The Morgan fingerprint density at radius 2 is 1.72 bits per heavy atom. The largest absolute Gasteiger partial charge is 0.362 e. The monoisotopic (exact) mass is 404 g/mol. The maximum Gasteiger partial charge on any atom is 0.243 e. The number of rotatable bonds is 5. The Bertz CT molecular complexity index is 1050. The van der Waals surface area contributed by atoms with Crippen LogP contribution in [-0.2, 0) is 11.2 Å². The molecule has 0 aromatic heterocycles. The Morgan fingerprint density at radius 3 is 2.55 bits per heavy atom. The molecule has 0 aliphatic carbocycles. The van der Waals surface area contributed by atoms with Crippen LogP contribution in [0.2, 0.25) is 5.02 Å². The number of para-hydroxylation sites is 1. The summed E-state index contributed by atoms with van der Waals surface area (Å²) in [6.45, 7) is 1.07. The minimum atomic E-state index is -0.174. The molecule has 3 aromatic rings. The number of carbonyl (C=O) groups excluding carboxylic acids is 2. The van der Waals surface area contributed by atoms with Crippen LogP contribution in [0.15, 0.2) is 72.8 Å². The molecule has 0 saturated heterocycles. The van der Waals surface area contributed by atoms with Gasteiger partial charge in [-0.15, -0.1) is 0 Å². The van der Waals surface area contributed by atoms with E-state index in [0.717, 1.165) is 25.1 Å². The summed E-state index contributed by atoms with van der Waals surface area (Å²) in [5.74, 6) is -0.335. The van der Waals surface area contributed by atoms with Gasteiger partial charge in [-0.05, 0) is 42.7 Å². The number of hydrogen-bond donors (Lipinski definition) is 1. The molecule has 1 N–H and O–H groups in total. The fourth-order valence-corrected chi connectivity index (χ4v) is 3.87. The number of halogens is 1. The Hall–Kier alpha value is -3.11. The Balaban J connectivity index is 1.54. The van der Waals surface area contributed by atoms with Crippen molar-refractivity contribution in [1.82, 2.24) is 0 Å². The van der Waals surface area contributed by atoms with E-state index in [-0.39, 0.29) is 18.2 Å². The predicted molar refractivity (Wildman–Crippen MR) is 117 cm³/mol. The van der Waals surface area contributed by atoms with Gasteiger partial charge >= 0.3 is 0 Å². The number of ketones is 1. The summed E-state index contributed by atoms with van der Waals surface area (Å²) in [7, 11) is 0. The fourth-order valence-electron chi connectivity index (χ4n) is 3.70. The molecule has 1 amide bonds. The van der Waals surface area contributed by atoms with Crippen LogP contribution in [0.25, 0.3) is 0 Å². The van der Waals surface area contributed by atoms with E-state index in [9.17, 15) is 9.59 Å². The van der Waals surface area contributed by atoms with Crippen molar-refractivity contribution in [1.29, 1.82) is 0 Å². The second-order valence-corrected chi connectivity index (χ2v) is 7.52. The number of hydrogen-bond acceptors (Lipinski definition) is 3. The van der Waals surface area contributed by atoms with E-state index in [1.807, 2.05) is 30.3 Å². The molecule has 29 heavy (non-hydrogen) atoms. The molecule has 5 heteroatoms. The molecular formula is C24H21ClN2O2. The first-order valence-corrected chi connectivity index (χ1v) is 10.0. The summed E-state index contributed by atoms with van der Waals surface area (Å²) >= 11 is 6.12. The van der Waals surface area contributed by atoms with Crippen molar-refractivity contribution in [2.24, 2.45) is 0 Å². The van der Waals surface area contributed by atoms with Gasteiger partial charge in [0.2, 0.25) is 5.91 Å². The molecule has 1 aliphatic rings. The molecule has 4 nitrogen and oxygen atoms in total. The highest BCUT2D eigenvalue weighted by Gasteiger charge is 2.20. The lowest BCUT2D eigenvalue weighted by molar-refractivity contribution is -0.115. The molecular weight excluding hydrogens is 384 g/mol. The van der Waals surface area contributed by atoms with Crippen LogP contribution in [0.1, 0.15) is 27.9 Å². The van der Waals surface area contributed by atoms with Gasteiger partial charge in [0.1, 0.15) is 0 Å². The maximum absolute atomic E-state index is 12.9. The summed E-state index contributed by atoms with van der Waals surface area (Å²) in [5, 5.41) is 3.36. The van der Waals surface area contributed by atoms with Crippen molar-refractivity contribution in [2.75, 3.05) is 23.3 Å². The zero-order valence-electron chi connectivity index (χ0n) is 15.9. The average molecular weight is 405 g/mol. The second-order valence-electron chi connectivity index (χ2n) is 7.09. The molecule has 1 heterocycles. The molecule has 0 unspecified atom stereocenters. The standard InChI is InChI=1S/C24H21ClN2O2/c25-19-12-13-21(20(15-19)24(29)18-8-2-1-3-9-18)26-23(28)16-27-14-6-10-17-7-4-5-11-22(17)27/h1-5,7-9,11-13,15H,6,10,14,16H2,(H,26,28). The Labute approximate surface area is 175 Å². The van der Waals surface area contributed by atoms with E-state index in [0.29, 0.717) is 21.8 Å². The van der Waals surface area contributed by atoms with Crippen molar-refractivity contribution < 1.29 is 9.59 Å². The average Bonchev–Trinajstić information content (AvgIpc) is 2.75. The van der Waals surface area contributed by atoms with E-state index >= 15 is 0 Å². The minimum Gasteiger partial charge on any atom is -0.362 e. The van der Waals surface area contributed by atoms with Crippen LogP contribution in [0, 0.1) is 0 Å². The fraction of sp³-hybridized carbons (Fsp3) is 0.167. The molecule has 0 atom stereocenters. The third-order valence-corrected chi connectivity index (χ3v) is 5.31. The lowest BCUT2D eigenvalue weighted by Gasteiger charge is -2.30. The predicted octanol–water partition coefficient (Wildman–Crippen LogP) is 4.96. The van der Waals surface area contributed by atoms with E-state index in [4.69, 9.17) is 11.6 Å². The molecule has 0 bridgehead atoms. The first-order valence-electron chi connectivity index (χ1n) is 9.64. The van der Waals surface area contributed by atoms with Gasteiger partial charge in [-0.2, -0.15) is 0 Å². The number of anilines is 2. The summed E-state index contributed by atoms with van der Waals surface area (Å²) in [6.07, 6.45) is 2.05. The number of nitrogens with zero attached hydrogens (tertiary/aromatic N) is 1. The maximum atomic E-state index is 12.9. The summed E-state index contributed by atoms with van der Waals surface area (Å²) in [5.41, 5.74) is 3.77. The highest BCUT2D eigenvalue weighted by Crippen LogP contribution is 2.27. The number of nitrogens with one attached hydrogen (secondary N) is 1. The van der Waals surface area contributed by atoms with E-state index in [1.54, 1.807) is 30.3 Å². The molecule has 0 radical (unpaired) electrons. The summed E-state index contributed by atoms with van der Waals surface area (Å²) in [6, 6.07) is 22.1. The molecule has 3 aromatic carbocycles. The second kappa shape index (κ2) is 8.50. The van der Waals surface area contributed by atoms with Gasteiger partial charge in [-0.3, -0.25) is 9.59 Å². The molecule has 0 spiro atoms. The number of amides is 1.